The van der Waals surface area contributed by atoms with Gasteiger partial charge in [-0.25, -0.2) is 9.69 Å². The van der Waals surface area contributed by atoms with E-state index >= 15 is 0 Å². The third-order valence-electron chi connectivity index (χ3n) is 7.24. The van der Waals surface area contributed by atoms with Crippen LogP contribution in [-0.4, -0.2) is 47.9 Å². The van der Waals surface area contributed by atoms with Gasteiger partial charge in [-0.2, -0.15) is 5.10 Å². The fourth-order valence-electron chi connectivity index (χ4n) is 5.64. The quantitative estimate of drug-likeness (QED) is 0.298. The molecule has 0 N–H and O–H groups in total. The number of hydrogen-bond donors (Lipinski definition) is 0. The molecule has 3 aromatic rings. The van der Waals surface area contributed by atoms with Gasteiger partial charge in [-0.1, -0.05) is 48.0 Å². The van der Waals surface area contributed by atoms with Gasteiger partial charge >= 0.3 is 5.97 Å². The summed E-state index contributed by atoms with van der Waals surface area (Å²) in [5, 5.41) is 6.62. The van der Waals surface area contributed by atoms with Crippen molar-refractivity contribution in [2.24, 2.45) is 16.9 Å². The lowest BCUT2D eigenvalue weighted by Crippen LogP contribution is -2.45. The van der Waals surface area contributed by atoms with Crippen molar-refractivity contribution in [2.75, 3.05) is 12.0 Å². The van der Waals surface area contributed by atoms with Crippen LogP contribution >= 0.6 is 11.6 Å². The van der Waals surface area contributed by atoms with Crippen molar-refractivity contribution in [1.29, 1.82) is 0 Å². The number of esters is 1. The minimum Gasteiger partial charge on any atom is -0.465 e. The summed E-state index contributed by atoms with van der Waals surface area (Å²) in [6, 6.07) is 18.5. The summed E-state index contributed by atoms with van der Waals surface area (Å²) in [4.78, 5) is 55.4. The first-order chi connectivity index (χ1) is 17.9. The number of hydrazone groups is 1. The molecular formula is C28H20ClN3O5. The number of rotatable bonds is 4. The van der Waals surface area contributed by atoms with E-state index in [1.807, 2.05) is 24.3 Å². The number of benzene rings is 3. The molecule has 3 aromatic carbocycles. The molecule has 37 heavy (non-hydrogen) atoms. The number of Topliss-reactive ketones (excluding diaryl/α,β-unsaturated/α-hetero) is 1. The van der Waals surface area contributed by atoms with E-state index in [0.29, 0.717) is 10.6 Å². The largest absolute Gasteiger partial charge is 0.465 e. The van der Waals surface area contributed by atoms with Crippen LogP contribution in [0.1, 0.15) is 37.9 Å². The van der Waals surface area contributed by atoms with E-state index in [1.54, 1.807) is 47.6 Å². The number of ether oxygens (including phenoxy) is 1. The Labute approximate surface area is 217 Å². The van der Waals surface area contributed by atoms with Crippen molar-refractivity contribution in [2.45, 2.75) is 12.1 Å². The van der Waals surface area contributed by atoms with Crippen molar-refractivity contribution >= 4 is 47.1 Å². The minimum atomic E-state index is -1.02. The number of halogens is 1. The molecule has 0 unspecified atom stereocenters. The zero-order valence-electron chi connectivity index (χ0n) is 19.6. The lowest BCUT2D eigenvalue weighted by atomic mass is 9.83. The Morgan fingerprint density at radius 3 is 2.32 bits per heavy atom. The average Bonchev–Trinajstić information content (AvgIpc) is 3.40. The zero-order valence-corrected chi connectivity index (χ0v) is 20.3. The summed E-state index contributed by atoms with van der Waals surface area (Å²) < 4.78 is 4.88. The van der Waals surface area contributed by atoms with Gasteiger partial charge in [0, 0.05) is 10.6 Å². The molecule has 184 valence electrons. The Balaban J connectivity index is 1.50. The number of carbonyl (C=O) groups excluding carboxylic acids is 4. The number of ketones is 1. The molecule has 0 saturated carbocycles. The van der Waals surface area contributed by atoms with Crippen LogP contribution in [0, 0.1) is 11.8 Å². The van der Waals surface area contributed by atoms with E-state index in [0.717, 1.165) is 16.0 Å². The van der Waals surface area contributed by atoms with Crippen molar-refractivity contribution < 1.29 is 23.9 Å². The highest BCUT2D eigenvalue weighted by atomic mass is 35.5. The number of para-hydroxylation sites is 1. The highest BCUT2D eigenvalue weighted by Crippen LogP contribution is 2.53. The van der Waals surface area contributed by atoms with E-state index < -0.39 is 41.7 Å². The van der Waals surface area contributed by atoms with Gasteiger partial charge in [0.05, 0.1) is 42.5 Å². The molecule has 8 nitrogen and oxygen atoms in total. The van der Waals surface area contributed by atoms with Gasteiger partial charge in [-0.3, -0.25) is 19.4 Å². The Morgan fingerprint density at radius 1 is 0.892 bits per heavy atom. The minimum absolute atomic E-state index is 0.0890. The first kappa shape index (κ1) is 23.1. The third-order valence-corrected chi connectivity index (χ3v) is 7.49. The van der Waals surface area contributed by atoms with E-state index in [4.69, 9.17) is 16.3 Å². The molecule has 0 radical (unpaired) electrons. The zero-order chi connectivity index (χ0) is 25.8. The van der Waals surface area contributed by atoms with E-state index in [9.17, 15) is 19.2 Å². The van der Waals surface area contributed by atoms with Gasteiger partial charge in [-0.15, -0.1) is 0 Å². The number of anilines is 1. The van der Waals surface area contributed by atoms with Crippen molar-refractivity contribution in [3.05, 3.63) is 100 Å². The van der Waals surface area contributed by atoms with Gasteiger partial charge in [-0.05, 0) is 47.5 Å². The molecule has 2 amide bonds. The van der Waals surface area contributed by atoms with Gasteiger partial charge < -0.3 is 4.74 Å². The standard InChI is InChI=1S/C28H20ClN3O5/c1-37-28(36)19-8-4-5-9-20(19)31-26(34)21-22(27(31)35)24(25(33)15-10-12-17(29)13-11-15)32-23(21)18-7-3-2-6-16(18)14-30-32/h2-14,21-24H,1H3/t21-,22+,23-,24-/m0/s1. The number of fused-ring (bicyclic) bond motifs is 5. The molecule has 2 fully saturated rings. The summed E-state index contributed by atoms with van der Waals surface area (Å²) >= 11 is 6.03. The van der Waals surface area contributed by atoms with E-state index in [-0.39, 0.29) is 17.0 Å². The van der Waals surface area contributed by atoms with Crippen LogP contribution in [0.25, 0.3) is 0 Å². The fourth-order valence-corrected chi connectivity index (χ4v) is 5.77. The predicted molar refractivity (Wildman–Crippen MR) is 135 cm³/mol. The Morgan fingerprint density at radius 2 is 1.57 bits per heavy atom. The van der Waals surface area contributed by atoms with Crippen molar-refractivity contribution in [3.63, 3.8) is 0 Å². The topological polar surface area (TPSA) is 96.3 Å². The highest BCUT2D eigenvalue weighted by molar-refractivity contribution is 6.30. The highest BCUT2D eigenvalue weighted by Gasteiger charge is 2.65. The van der Waals surface area contributed by atoms with Gasteiger partial charge in [0.25, 0.3) is 0 Å². The van der Waals surface area contributed by atoms with E-state index in [2.05, 4.69) is 5.10 Å². The Kier molecular flexibility index (Phi) is 5.42. The second kappa shape index (κ2) is 8.67. The molecule has 0 aromatic heterocycles. The second-order valence-corrected chi connectivity index (χ2v) is 9.52. The monoisotopic (exact) mass is 513 g/mol. The van der Waals surface area contributed by atoms with Crippen LogP contribution in [0.3, 0.4) is 0 Å². The van der Waals surface area contributed by atoms with Crippen LogP contribution < -0.4 is 4.90 Å². The number of carbonyl (C=O) groups is 4. The maximum Gasteiger partial charge on any atom is 0.339 e. The average molecular weight is 514 g/mol. The Hall–Kier alpha value is -4.30. The first-order valence-electron chi connectivity index (χ1n) is 11.7. The van der Waals surface area contributed by atoms with Crippen molar-refractivity contribution in [3.8, 4) is 0 Å². The van der Waals surface area contributed by atoms with Crippen LogP contribution in [0.2, 0.25) is 5.02 Å². The van der Waals surface area contributed by atoms with Crippen LogP contribution in [0.4, 0.5) is 5.69 Å². The van der Waals surface area contributed by atoms with Gasteiger partial charge in [0.2, 0.25) is 11.8 Å². The molecule has 3 aliphatic rings. The number of nitrogens with zero attached hydrogens (tertiary/aromatic N) is 3. The summed E-state index contributed by atoms with van der Waals surface area (Å²) in [6.07, 6.45) is 1.65. The summed E-state index contributed by atoms with van der Waals surface area (Å²) in [5.74, 6) is -3.93. The Bertz CT molecular complexity index is 1500. The smallest absolute Gasteiger partial charge is 0.339 e. The number of imide groups is 1. The van der Waals surface area contributed by atoms with E-state index in [1.165, 1.54) is 19.2 Å². The molecule has 3 heterocycles. The van der Waals surface area contributed by atoms with Crippen LogP contribution in [0.15, 0.2) is 77.9 Å². The SMILES string of the molecule is COC(=O)c1ccccc1N1C(=O)[C@@H]2[C@H](C1=O)[C@@H]1c3ccccc3C=NN1[C@@H]2C(=O)c1ccc(Cl)cc1. The summed E-state index contributed by atoms with van der Waals surface area (Å²) in [6.45, 7) is 0. The summed E-state index contributed by atoms with van der Waals surface area (Å²) in [5.41, 5.74) is 2.21. The summed E-state index contributed by atoms with van der Waals surface area (Å²) in [7, 11) is 1.23. The molecule has 3 aliphatic heterocycles. The number of hydrogen-bond acceptors (Lipinski definition) is 7. The predicted octanol–water partition coefficient (Wildman–Crippen LogP) is 3.89. The maximum atomic E-state index is 14.0. The first-order valence-corrected chi connectivity index (χ1v) is 12.1. The third kappa shape index (κ3) is 3.40. The lowest BCUT2D eigenvalue weighted by molar-refractivity contribution is -0.124. The number of amides is 2. The van der Waals surface area contributed by atoms with Gasteiger partial charge in [0.1, 0.15) is 6.04 Å². The molecule has 2 saturated heterocycles. The molecule has 0 spiro atoms. The molecule has 6 rings (SSSR count). The fraction of sp³-hybridized carbons (Fsp3) is 0.179. The van der Waals surface area contributed by atoms with Crippen LogP contribution in [-0.2, 0) is 14.3 Å². The maximum absolute atomic E-state index is 14.0. The second-order valence-electron chi connectivity index (χ2n) is 9.09. The van der Waals surface area contributed by atoms with Gasteiger partial charge in [0.15, 0.2) is 5.78 Å². The molecule has 0 aliphatic carbocycles. The molecule has 4 atom stereocenters. The molecular weight excluding hydrogens is 494 g/mol. The van der Waals surface area contributed by atoms with Crippen molar-refractivity contribution in [1.82, 2.24) is 5.01 Å². The molecule has 0 bridgehead atoms. The molecule has 9 heteroatoms. The van der Waals surface area contributed by atoms with Crippen LogP contribution in [0.5, 0.6) is 0 Å². The number of methoxy groups -OCH3 is 1. The lowest BCUT2D eigenvalue weighted by Gasteiger charge is -2.34. The normalized spacial score (nSPS) is 23.5.